The lowest BCUT2D eigenvalue weighted by Crippen LogP contribution is -2.04. The molecule has 0 radical (unpaired) electrons. The molecule has 0 aliphatic carbocycles. The molecule has 5 heteroatoms. The summed E-state index contributed by atoms with van der Waals surface area (Å²) in [5.74, 6) is 0. The highest BCUT2D eigenvalue weighted by Crippen LogP contribution is 2.23. The number of pyridine rings is 2. The van der Waals surface area contributed by atoms with E-state index in [1.807, 2.05) is 0 Å². The average Bonchev–Trinajstić information content (AvgIpc) is 2.17. The molecule has 15 heavy (non-hydrogen) atoms. The molecule has 0 fully saturated rings. The molecule has 0 aliphatic heterocycles. The molecule has 0 atom stereocenters. The Kier molecular flexibility index (Phi) is 3.02. The van der Waals surface area contributed by atoms with Crippen molar-refractivity contribution in [3.63, 3.8) is 0 Å². The highest BCUT2D eigenvalue weighted by Gasteiger charge is 2.07. The molecule has 76 valence electrons. The van der Waals surface area contributed by atoms with Crippen LogP contribution in [0.1, 0.15) is 0 Å². The lowest BCUT2D eigenvalue weighted by Gasteiger charge is -2.03. The first kappa shape index (κ1) is 10.6. The number of rotatable bonds is 1. The lowest BCUT2D eigenvalue weighted by atomic mass is 10.1. The predicted octanol–water partition coefficient (Wildman–Crippen LogP) is 2.96. The fourth-order valence-electron chi connectivity index (χ4n) is 1.28. The minimum atomic E-state index is -0.0290. The van der Waals surface area contributed by atoms with E-state index in [2.05, 4.69) is 41.8 Å². The van der Waals surface area contributed by atoms with Crippen molar-refractivity contribution in [2.24, 2.45) is 0 Å². The largest absolute Gasteiger partial charge is 0.355 e. The summed E-state index contributed by atoms with van der Waals surface area (Å²) >= 11 is 6.59. The third kappa shape index (κ3) is 2.18. The van der Waals surface area contributed by atoms with Gasteiger partial charge in [0.2, 0.25) is 0 Å². The highest BCUT2D eigenvalue weighted by molar-refractivity contribution is 9.10. The third-order valence-electron chi connectivity index (χ3n) is 1.93. The summed E-state index contributed by atoms with van der Waals surface area (Å²) in [6.07, 6.45) is 3.25. The van der Waals surface area contributed by atoms with Crippen LogP contribution >= 0.6 is 31.9 Å². The van der Waals surface area contributed by atoms with Gasteiger partial charge in [0, 0.05) is 18.5 Å². The summed E-state index contributed by atoms with van der Waals surface area (Å²) in [4.78, 5) is 18.6. The fourth-order valence-corrected chi connectivity index (χ4v) is 2.20. The van der Waals surface area contributed by atoms with Crippen LogP contribution in [0.2, 0.25) is 0 Å². The Bertz CT molecular complexity index is 551. The van der Waals surface area contributed by atoms with Gasteiger partial charge in [-0.1, -0.05) is 0 Å². The van der Waals surface area contributed by atoms with Crippen LogP contribution in [0, 0.1) is 0 Å². The number of aromatic amines is 1. The van der Waals surface area contributed by atoms with E-state index in [0.29, 0.717) is 14.8 Å². The van der Waals surface area contributed by atoms with Crippen LogP contribution in [0.4, 0.5) is 0 Å². The second kappa shape index (κ2) is 4.28. The Hall–Kier alpha value is -0.940. The van der Waals surface area contributed by atoms with Gasteiger partial charge in [0.15, 0.2) is 5.43 Å². The first-order valence-corrected chi connectivity index (χ1v) is 5.76. The van der Waals surface area contributed by atoms with Crippen molar-refractivity contribution in [2.75, 3.05) is 0 Å². The second-order valence-electron chi connectivity index (χ2n) is 2.90. The molecule has 2 aromatic heterocycles. The van der Waals surface area contributed by atoms with Crippen molar-refractivity contribution in [3.8, 4) is 11.1 Å². The van der Waals surface area contributed by atoms with Gasteiger partial charge >= 0.3 is 0 Å². The average molecular weight is 330 g/mol. The summed E-state index contributed by atoms with van der Waals surface area (Å²) in [5.41, 5.74) is 1.41. The van der Waals surface area contributed by atoms with E-state index < -0.39 is 0 Å². The van der Waals surface area contributed by atoms with Gasteiger partial charge in [0.1, 0.15) is 4.60 Å². The molecule has 0 aromatic carbocycles. The van der Waals surface area contributed by atoms with Crippen LogP contribution in [-0.2, 0) is 0 Å². The third-order valence-corrected chi connectivity index (χ3v) is 2.98. The van der Waals surface area contributed by atoms with E-state index in [4.69, 9.17) is 0 Å². The van der Waals surface area contributed by atoms with Gasteiger partial charge < -0.3 is 4.98 Å². The van der Waals surface area contributed by atoms with E-state index in [9.17, 15) is 4.79 Å². The highest BCUT2D eigenvalue weighted by atomic mass is 79.9. The second-order valence-corrected chi connectivity index (χ2v) is 4.50. The van der Waals surface area contributed by atoms with E-state index >= 15 is 0 Å². The quantitative estimate of drug-likeness (QED) is 0.817. The molecule has 2 aromatic rings. The van der Waals surface area contributed by atoms with E-state index in [1.54, 1.807) is 24.5 Å². The maximum Gasteiger partial charge on any atom is 0.190 e. The standard InChI is InChI=1S/C10H6Br2N2O/c11-8-5-6(1-3-13-8)9-7(15)2-4-14-10(9)12/h1-5H,(H,14,15). The molecule has 0 saturated carbocycles. The van der Waals surface area contributed by atoms with Crippen LogP contribution in [0.5, 0.6) is 0 Å². The Morgan fingerprint density at radius 1 is 1.27 bits per heavy atom. The van der Waals surface area contributed by atoms with Crippen molar-refractivity contribution in [3.05, 3.63) is 50.0 Å². The molecule has 0 aliphatic rings. The SMILES string of the molecule is O=c1cc[nH]c(Br)c1-c1ccnc(Br)c1. The van der Waals surface area contributed by atoms with Crippen molar-refractivity contribution in [2.45, 2.75) is 0 Å². The first-order chi connectivity index (χ1) is 7.18. The van der Waals surface area contributed by atoms with Crippen molar-refractivity contribution in [1.82, 2.24) is 9.97 Å². The van der Waals surface area contributed by atoms with Crippen LogP contribution in [0.3, 0.4) is 0 Å². The maximum absolute atomic E-state index is 11.7. The summed E-state index contributed by atoms with van der Waals surface area (Å²) in [7, 11) is 0. The predicted molar refractivity (Wildman–Crippen MR) is 65.7 cm³/mol. The van der Waals surface area contributed by atoms with E-state index in [0.717, 1.165) is 5.56 Å². The van der Waals surface area contributed by atoms with Crippen molar-refractivity contribution < 1.29 is 0 Å². The zero-order chi connectivity index (χ0) is 10.8. The minimum Gasteiger partial charge on any atom is -0.355 e. The number of nitrogens with zero attached hydrogens (tertiary/aromatic N) is 1. The number of halogens is 2. The molecule has 2 heterocycles. The molecule has 0 saturated heterocycles. The van der Waals surface area contributed by atoms with Crippen LogP contribution in [0.25, 0.3) is 11.1 Å². The van der Waals surface area contributed by atoms with Gasteiger partial charge in [-0.05, 0) is 49.6 Å². The Morgan fingerprint density at radius 3 is 2.73 bits per heavy atom. The van der Waals surface area contributed by atoms with Crippen LogP contribution in [-0.4, -0.2) is 9.97 Å². The van der Waals surface area contributed by atoms with Crippen molar-refractivity contribution in [1.29, 1.82) is 0 Å². The fraction of sp³-hybridized carbons (Fsp3) is 0. The summed E-state index contributed by atoms with van der Waals surface area (Å²) in [6.45, 7) is 0. The van der Waals surface area contributed by atoms with Gasteiger partial charge in [0.05, 0.1) is 10.2 Å². The number of nitrogens with one attached hydrogen (secondary N) is 1. The number of H-pyrrole nitrogens is 1. The van der Waals surface area contributed by atoms with Gasteiger partial charge in [-0.3, -0.25) is 4.79 Å². The smallest absolute Gasteiger partial charge is 0.190 e. The van der Waals surface area contributed by atoms with E-state index in [1.165, 1.54) is 6.07 Å². The van der Waals surface area contributed by atoms with Crippen molar-refractivity contribution >= 4 is 31.9 Å². The summed E-state index contributed by atoms with van der Waals surface area (Å²) < 4.78 is 1.38. The molecule has 1 N–H and O–H groups in total. The lowest BCUT2D eigenvalue weighted by molar-refractivity contribution is 1.24. The van der Waals surface area contributed by atoms with Crippen LogP contribution < -0.4 is 5.43 Å². The molecule has 0 spiro atoms. The molecule has 0 amide bonds. The molecule has 3 nitrogen and oxygen atoms in total. The normalized spacial score (nSPS) is 10.3. The Morgan fingerprint density at radius 2 is 2.07 bits per heavy atom. The first-order valence-electron chi connectivity index (χ1n) is 4.17. The molecule has 0 unspecified atom stereocenters. The number of hydrogen-bond acceptors (Lipinski definition) is 2. The molecule has 2 rings (SSSR count). The van der Waals surface area contributed by atoms with Crippen LogP contribution in [0.15, 0.2) is 44.6 Å². The summed E-state index contributed by atoms with van der Waals surface area (Å²) in [5, 5.41) is 0. The van der Waals surface area contributed by atoms with Gasteiger partial charge in [-0.25, -0.2) is 4.98 Å². The molecular weight excluding hydrogens is 324 g/mol. The minimum absolute atomic E-state index is 0.0290. The van der Waals surface area contributed by atoms with Gasteiger partial charge in [-0.2, -0.15) is 0 Å². The Balaban J connectivity index is 2.69. The molecule has 0 bridgehead atoms. The maximum atomic E-state index is 11.7. The molecular formula is C10H6Br2N2O. The topological polar surface area (TPSA) is 45.8 Å². The van der Waals surface area contributed by atoms with Gasteiger partial charge in [0.25, 0.3) is 0 Å². The zero-order valence-electron chi connectivity index (χ0n) is 7.50. The van der Waals surface area contributed by atoms with E-state index in [-0.39, 0.29) is 5.43 Å². The summed E-state index contributed by atoms with van der Waals surface area (Å²) in [6, 6.07) is 5.09. The zero-order valence-corrected chi connectivity index (χ0v) is 10.7. The number of hydrogen-bond donors (Lipinski definition) is 1. The monoisotopic (exact) mass is 328 g/mol. The van der Waals surface area contributed by atoms with Gasteiger partial charge in [-0.15, -0.1) is 0 Å². The number of aromatic nitrogens is 2. The Labute approximate surface area is 103 Å².